The molecule has 3 aromatic rings. The van der Waals surface area contributed by atoms with Crippen LogP contribution in [0.15, 0.2) is 35.7 Å². The molecule has 7 heteroatoms. The van der Waals surface area contributed by atoms with Gasteiger partial charge in [0.2, 0.25) is 5.91 Å². The zero-order valence-electron chi connectivity index (χ0n) is 14.8. The van der Waals surface area contributed by atoms with Gasteiger partial charge in [-0.05, 0) is 36.6 Å². The van der Waals surface area contributed by atoms with Crippen LogP contribution in [0, 0.1) is 6.92 Å². The van der Waals surface area contributed by atoms with E-state index in [1.807, 2.05) is 11.8 Å². The number of rotatable bonds is 4. The van der Waals surface area contributed by atoms with Crippen molar-refractivity contribution in [2.45, 2.75) is 26.3 Å². The highest BCUT2D eigenvalue weighted by Gasteiger charge is 2.24. The number of fused-ring (bicyclic) bond motifs is 1. The fraction of sp³-hybridized carbons (Fsp3) is 0.250. The van der Waals surface area contributed by atoms with E-state index < -0.39 is 5.97 Å². The zero-order chi connectivity index (χ0) is 19.0. The minimum absolute atomic E-state index is 0.0356. The summed E-state index contributed by atoms with van der Waals surface area (Å²) >= 11 is 3.39. The number of thiophene rings is 1. The summed E-state index contributed by atoms with van der Waals surface area (Å²) in [6, 6.07) is 8.84. The standard InChI is InChI=1S/C20H18N2O3S2/c1-12-21-16(11-26-12)18-8-14-10-22(7-6-17(14)27-18)19(23)9-13-4-2-3-5-15(13)20(24)25/h2-5,8,11H,6-7,9-10H2,1H3,(H,24,25). The lowest BCUT2D eigenvalue weighted by Gasteiger charge is -2.27. The van der Waals surface area contributed by atoms with Crippen molar-refractivity contribution in [3.8, 4) is 10.6 Å². The van der Waals surface area contributed by atoms with Crippen LogP contribution in [0.4, 0.5) is 0 Å². The van der Waals surface area contributed by atoms with E-state index in [0.717, 1.165) is 22.0 Å². The SMILES string of the molecule is Cc1nc(-c2cc3c(s2)CCN(C(=O)Cc2ccccc2C(=O)O)C3)cs1. The maximum atomic E-state index is 12.8. The molecular formula is C20H18N2O3S2. The first-order chi connectivity index (χ1) is 13.0. The predicted octanol–water partition coefficient (Wildman–Crippen LogP) is 4.01. The van der Waals surface area contributed by atoms with Crippen LogP contribution in [0.5, 0.6) is 0 Å². The molecule has 0 saturated heterocycles. The molecule has 1 aromatic carbocycles. The number of aromatic nitrogens is 1. The Morgan fingerprint density at radius 3 is 2.85 bits per heavy atom. The van der Waals surface area contributed by atoms with Crippen LogP contribution in [0.25, 0.3) is 10.6 Å². The molecule has 1 aliphatic rings. The Morgan fingerprint density at radius 1 is 1.30 bits per heavy atom. The molecule has 0 aliphatic carbocycles. The summed E-state index contributed by atoms with van der Waals surface area (Å²) in [6.45, 7) is 3.23. The fourth-order valence-corrected chi connectivity index (χ4v) is 5.12. The molecule has 2 aromatic heterocycles. The summed E-state index contributed by atoms with van der Waals surface area (Å²) < 4.78 is 0. The number of amides is 1. The number of nitrogens with zero attached hydrogens (tertiary/aromatic N) is 2. The van der Waals surface area contributed by atoms with Crippen molar-refractivity contribution < 1.29 is 14.7 Å². The van der Waals surface area contributed by atoms with Crippen molar-refractivity contribution in [3.63, 3.8) is 0 Å². The molecule has 0 radical (unpaired) electrons. The summed E-state index contributed by atoms with van der Waals surface area (Å²) in [5.74, 6) is -1.04. The van der Waals surface area contributed by atoms with Crippen molar-refractivity contribution in [1.29, 1.82) is 0 Å². The van der Waals surface area contributed by atoms with E-state index in [1.165, 1.54) is 10.4 Å². The minimum atomic E-state index is -1.000. The second kappa shape index (κ2) is 7.25. The van der Waals surface area contributed by atoms with E-state index in [2.05, 4.69) is 16.4 Å². The smallest absolute Gasteiger partial charge is 0.335 e. The second-order valence-electron chi connectivity index (χ2n) is 6.52. The van der Waals surface area contributed by atoms with Gasteiger partial charge in [-0.15, -0.1) is 22.7 Å². The number of aryl methyl sites for hydroxylation is 1. The first kappa shape index (κ1) is 17.9. The summed E-state index contributed by atoms with van der Waals surface area (Å²) in [6.07, 6.45) is 0.940. The number of aromatic carboxylic acids is 1. The number of carbonyl (C=O) groups is 2. The van der Waals surface area contributed by atoms with Crippen LogP contribution in [0.3, 0.4) is 0 Å². The lowest BCUT2D eigenvalue weighted by molar-refractivity contribution is -0.131. The topological polar surface area (TPSA) is 70.5 Å². The first-order valence-electron chi connectivity index (χ1n) is 8.64. The Bertz CT molecular complexity index is 1020. The monoisotopic (exact) mass is 398 g/mol. The molecule has 3 heterocycles. The molecule has 4 rings (SSSR count). The number of thiazole rings is 1. The number of hydrogen-bond donors (Lipinski definition) is 1. The van der Waals surface area contributed by atoms with Gasteiger partial charge in [0.1, 0.15) is 0 Å². The Balaban J connectivity index is 1.50. The van der Waals surface area contributed by atoms with Crippen LogP contribution in [0.2, 0.25) is 0 Å². The van der Waals surface area contributed by atoms with E-state index >= 15 is 0 Å². The molecule has 0 bridgehead atoms. The van der Waals surface area contributed by atoms with Gasteiger partial charge in [0.05, 0.1) is 27.6 Å². The zero-order valence-corrected chi connectivity index (χ0v) is 16.4. The van der Waals surface area contributed by atoms with Crippen molar-refractivity contribution in [1.82, 2.24) is 9.88 Å². The Labute approximate surface area is 164 Å². The second-order valence-corrected chi connectivity index (χ2v) is 8.71. The number of hydrogen-bond acceptors (Lipinski definition) is 5. The summed E-state index contributed by atoms with van der Waals surface area (Å²) in [4.78, 5) is 32.9. The number of carboxylic acid groups (broad SMARTS) is 1. The van der Waals surface area contributed by atoms with Crippen molar-refractivity contribution in [3.05, 3.63) is 62.3 Å². The van der Waals surface area contributed by atoms with Gasteiger partial charge in [0, 0.05) is 23.3 Å². The molecule has 0 fully saturated rings. The summed E-state index contributed by atoms with van der Waals surface area (Å²) in [7, 11) is 0. The molecule has 138 valence electrons. The minimum Gasteiger partial charge on any atom is -0.478 e. The summed E-state index contributed by atoms with van der Waals surface area (Å²) in [5, 5.41) is 12.4. The van der Waals surface area contributed by atoms with Crippen LogP contribution < -0.4 is 0 Å². The van der Waals surface area contributed by atoms with Crippen LogP contribution in [-0.4, -0.2) is 33.4 Å². The van der Waals surface area contributed by atoms with Gasteiger partial charge < -0.3 is 10.0 Å². The van der Waals surface area contributed by atoms with E-state index in [4.69, 9.17) is 0 Å². The Kier molecular flexibility index (Phi) is 4.80. The van der Waals surface area contributed by atoms with Gasteiger partial charge >= 0.3 is 5.97 Å². The van der Waals surface area contributed by atoms with E-state index in [9.17, 15) is 14.7 Å². The maximum absolute atomic E-state index is 12.8. The highest BCUT2D eigenvalue weighted by Crippen LogP contribution is 2.35. The predicted molar refractivity (Wildman–Crippen MR) is 106 cm³/mol. The number of carbonyl (C=O) groups excluding carboxylic acids is 1. The molecule has 1 amide bonds. The van der Waals surface area contributed by atoms with Crippen molar-refractivity contribution >= 4 is 34.6 Å². The Hall–Kier alpha value is -2.51. The van der Waals surface area contributed by atoms with Gasteiger partial charge in [0.15, 0.2) is 0 Å². The van der Waals surface area contributed by atoms with Crippen LogP contribution in [0.1, 0.15) is 31.4 Å². The molecule has 1 N–H and O–H groups in total. The van der Waals surface area contributed by atoms with E-state index in [1.54, 1.807) is 46.9 Å². The van der Waals surface area contributed by atoms with Gasteiger partial charge in [-0.25, -0.2) is 9.78 Å². The average molecular weight is 399 g/mol. The lowest BCUT2D eigenvalue weighted by Crippen LogP contribution is -2.36. The normalized spacial score (nSPS) is 13.4. The maximum Gasteiger partial charge on any atom is 0.335 e. The lowest BCUT2D eigenvalue weighted by atomic mass is 10.0. The highest BCUT2D eigenvalue weighted by atomic mass is 32.1. The van der Waals surface area contributed by atoms with Gasteiger partial charge in [-0.2, -0.15) is 0 Å². The van der Waals surface area contributed by atoms with Gasteiger partial charge in [-0.3, -0.25) is 4.79 Å². The largest absolute Gasteiger partial charge is 0.478 e. The fourth-order valence-electron chi connectivity index (χ4n) is 3.31. The molecule has 0 spiro atoms. The van der Waals surface area contributed by atoms with Crippen LogP contribution >= 0.6 is 22.7 Å². The molecule has 1 aliphatic heterocycles. The van der Waals surface area contributed by atoms with Crippen molar-refractivity contribution in [2.24, 2.45) is 0 Å². The molecule has 0 unspecified atom stereocenters. The molecule has 27 heavy (non-hydrogen) atoms. The van der Waals surface area contributed by atoms with Gasteiger partial charge in [-0.1, -0.05) is 18.2 Å². The average Bonchev–Trinajstić information content (AvgIpc) is 3.27. The third kappa shape index (κ3) is 3.65. The van der Waals surface area contributed by atoms with E-state index in [0.29, 0.717) is 18.7 Å². The highest BCUT2D eigenvalue weighted by molar-refractivity contribution is 7.16. The molecule has 0 saturated carbocycles. The number of benzene rings is 1. The van der Waals surface area contributed by atoms with Crippen LogP contribution in [-0.2, 0) is 24.2 Å². The molecule has 5 nitrogen and oxygen atoms in total. The molecule has 0 atom stereocenters. The quantitative estimate of drug-likeness (QED) is 0.721. The molecular weight excluding hydrogens is 380 g/mol. The number of carboxylic acids is 1. The van der Waals surface area contributed by atoms with Gasteiger partial charge in [0.25, 0.3) is 0 Å². The summed E-state index contributed by atoms with van der Waals surface area (Å²) in [5.41, 5.74) is 2.93. The van der Waals surface area contributed by atoms with Crippen molar-refractivity contribution in [2.75, 3.05) is 6.54 Å². The Morgan fingerprint density at radius 2 is 2.11 bits per heavy atom. The first-order valence-corrected chi connectivity index (χ1v) is 10.3. The third-order valence-electron chi connectivity index (χ3n) is 4.68. The third-order valence-corrected chi connectivity index (χ3v) is 6.71. The van der Waals surface area contributed by atoms with E-state index in [-0.39, 0.29) is 17.9 Å².